The minimum Gasteiger partial charge on any atom is -0.388 e. The lowest BCUT2D eigenvalue weighted by Gasteiger charge is -2.13. The second-order valence-corrected chi connectivity index (χ2v) is 4.78. The molecule has 2 heteroatoms. The van der Waals surface area contributed by atoms with Crippen LogP contribution < -0.4 is 0 Å². The van der Waals surface area contributed by atoms with E-state index in [1.807, 2.05) is 12.1 Å². The number of carbonyl (C=O) groups excluding carboxylic acids is 1. The van der Waals surface area contributed by atoms with Gasteiger partial charge in [0.15, 0.2) is 5.78 Å². The van der Waals surface area contributed by atoms with Gasteiger partial charge in [-0.1, -0.05) is 33.8 Å². The van der Waals surface area contributed by atoms with Gasteiger partial charge in [-0.15, -0.1) is 0 Å². The average molecular weight is 220 g/mol. The molecule has 0 aliphatic carbocycles. The van der Waals surface area contributed by atoms with Gasteiger partial charge in [-0.25, -0.2) is 0 Å². The van der Waals surface area contributed by atoms with E-state index in [2.05, 4.69) is 33.8 Å². The molecule has 0 aliphatic rings. The summed E-state index contributed by atoms with van der Waals surface area (Å²) in [5.41, 5.74) is 2.93. The summed E-state index contributed by atoms with van der Waals surface area (Å²) in [5.74, 6) is 0.581. The molecule has 0 unspecified atom stereocenters. The summed E-state index contributed by atoms with van der Waals surface area (Å²) in [4.78, 5) is 11.5. The van der Waals surface area contributed by atoms with E-state index >= 15 is 0 Å². The lowest BCUT2D eigenvalue weighted by atomic mass is 9.92. The van der Waals surface area contributed by atoms with E-state index in [1.165, 1.54) is 0 Å². The van der Waals surface area contributed by atoms with Gasteiger partial charge in [0.1, 0.15) is 6.61 Å². The summed E-state index contributed by atoms with van der Waals surface area (Å²) in [7, 11) is 0. The third kappa shape index (κ3) is 2.92. The van der Waals surface area contributed by atoms with Gasteiger partial charge in [-0.2, -0.15) is 0 Å². The van der Waals surface area contributed by atoms with Gasteiger partial charge in [0.2, 0.25) is 0 Å². The van der Waals surface area contributed by atoms with Gasteiger partial charge in [0.05, 0.1) is 0 Å². The number of rotatable bonds is 4. The van der Waals surface area contributed by atoms with Crippen LogP contribution in [0.15, 0.2) is 18.2 Å². The molecule has 2 nitrogen and oxygen atoms in total. The van der Waals surface area contributed by atoms with Crippen molar-refractivity contribution in [3.8, 4) is 0 Å². The van der Waals surface area contributed by atoms with Crippen molar-refractivity contribution in [2.24, 2.45) is 0 Å². The zero-order valence-electron chi connectivity index (χ0n) is 10.4. The van der Waals surface area contributed by atoms with E-state index in [-0.39, 0.29) is 5.78 Å². The van der Waals surface area contributed by atoms with Crippen molar-refractivity contribution in [1.29, 1.82) is 0 Å². The zero-order chi connectivity index (χ0) is 12.3. The van der Waals surface area contributed by atoms with E-state index in [0.717, 1.165) is 11.1 Å². The lowest BCUT2D eigenvalue weighted by molar-refractivity contribution is 0.0903. The predicted molar refractivity (Wildman–Crippen MR) is 66.0 cm³/mol. The van der Waals surface area contributed by atoms with Crippen molar-refractivity contribution < 1.29 is 9.90 Å². The molecule has 0 saturated heterocycles. The van der Waals surface area contributed by atoms with Crippen molar-refractivity contribution in [1.82, 2.24) is 0 Å². The fraction of sp³-hybridized carbons (Fsp3) is 0.500. The summed E-state index contributed by atoms with van der Waals surface area (Å²) < 4.78 is 0. The third-order valence-corrected chi connectivity index (χ3v) is 2.78. The molecule has 0 aromatic heterocycles. The Balaban J connectivity index is 3.24. The Kier molecular flexibility index (Phi) is 4.25. The van der Waals surface area contributed by atoms with E-state index in [1.54, 1.807) is 0 Å². The maximum Gasteiger partial charge on any atom is 0.188 e. The molecule has 0 radical (unpaired) electrons. The number of Topliss-reactive ketones (excluding diaryl/α,β-unsaturated/α-hetero) is 1. The Hall–Kier alpha value is -1.15. The molecular formula is C14H20O2. The highest BCUT2D eigenvalue weighted by atomic mass is 16.3. The van der Waals surface area contributed by atoms with E-state index < -0.39 is 6.61 Å². The molecule has 1 aromatic carbocycles. The first-order valence-corrected chi connectivity index (χ1v) is 5.74. The van der Waals surface area contributed by atoms with Crippen LogP contribution in [0, 0.1) is 0 Å². The standard InChI is InChI=1S/C14H20O2/c1-9(2)11-5-12(10(3)4)7-13(6-11)14(16)8-15/h5-7,9-10,15H,8H2,1-4H3. The van der Waals surface area contributed by atoms with Crippen LogP contribution in [0.1, 0.15) is 61.0 Å². The monoisotopic (exact) mass is 220 g/mol. The van der Waals surface area contributed by atoms with Crippen LogP contribution in [0.2, 0.25) is 0 Å². The maximum absolute atomic E-state index is 11.5. The van der Waals surface area contributed by atoms with Gasteiger partial charge < -0.3 is 5.11 Å². The minimum absolute atomic E-state index is 0.204. The zero-order valence-corrected chi connectivity index (χ0v) is 10.4. The molecule has 1 aromatic rings. The fourth-order valence-electron chi connectivity index (χ4n) is 1.60. The second-order valence-electron chi connectivity index (χ2n) is 4.78. The van der Waals surface area contributed by atoms with Crippen molar-refractivity contribution >= 4 is 5.78 Å². The number of aliphatic hydroxyl groups is 1. The van der Waals surface area contributed by atoms with Crippen LogP contribution in [-0.2, 0) is 0 Å². The van der Waals surface area contributed by atoms with Crippen LogP contribution in [0.4, 0.5) is 0 Å². The number of carbonyl (C=O) groups is 1. The predicted octanol–water partition coefficient (Wildman–Crippen LogP) is 3.11. The number of aliphatic hydroxyl groups excluding tert-OH is 1. The Morgan fingerprint density at radius 1 is 1.06 bits per heavy atom. The molecule has 0 amide bonds. The lowest BCUT2D eigenvalue weighted by Crippen LogP contribution is -2.07. The Bertz CT molecular complexity index is 352. The van der Waals surface area contributed by atoms with Crippen LogP contribution in [-0.4, -0.2) is 17.5 Å². The topological polar surface area (TPSA) is 37.3 Å². The van der Waals surface area contributed by atoms with Crippen molar-refractivity contribution in [2.45, 2.75) is 39.5 Å². The molecule has 88 valence electrons. The number of hydrogen-bond donors (Lipinski definition) is 1. The SMILES string of the molecule is CC(C)c1cc(C(=O)CO)cc(C(C)C)c1. The average Bonchev–Trinajstić information content (AvgIpc) is 2.27. The van der Waals surface area contributed by atoms with Crippen molar-refractivity contribution in [2.75, 3.05) is 6.61 Å². The number of benzene rings is 1. The van der Waals surface area contributed by atoms with Crippen LogP contribution in [0.25, 0.3) is 0 Å². The largest absolute Gasteiger partial charge is 0.388 e. The molecule has 0 atom stereocenters. The normalized spacial score (nSPS) is 11.2. The van der Waals surface area contributed by atoms with E-state index in [9.17, 15) is 4.79 Å². The van der Waals surface area contributed by atoms with Gasteiger partial charge in [-0.05, 0) is 35.1 Å². The van der Waals surface area contributed by atoms with Crippen molar-refractivity contribution in [3.63, 3.8) is 0 Å². The molecule has 16 heavy (non-hydrogen) atoms. The number of ketones is 1. The molecule has 1 rings (SSSR count). The molecular weight excluding hydrogens is 200 g/mol. The molecule has 0 spiro atoms. The Labute approximate surface area is 97.3 Å². The molecule has 0 heterocycles. The second kappa shape index (κ2) is 5.26. The first-order chi connectivity index (χ1) is 7.45. The quantitative estimate of drug-likeness (QED) is 0.792. The van der Waals surface area contributed by atoms with Crippen LogP contribution >= 0.6 is 0 Å². The maximum atomic E-state index is 11.5. The minimum atomic E-state index is -0.418. The third-order valence-electron chi connectivity index (χ3n) is 2.78. The molecule has 0 fully saturated rings. The summed E-state index contributed by atoms with van der Waals surface area (Å²) in [6.45, 7) is 8.00. The van der Waals surface area contributed by atoms with E-state index in [4.69, 9.17) is 5.11 Å². The Morgan fingerprint density at radius 2 is 1.50 bits per heavy atom. The highest BCUT2D eigenvalue weighted by Gasteiger charge is 2.11. The van der Waals surface area contributed by atoms with Crippen LogP contribution in [0.5, 0.6) is 0 Å². The molecule has 0 saturated carbocycles. The summed E-state index contributed by atoms with van der Waals surface area (Å²) in [5, 5.41) is 8.90. The van der Waals surface area contributed by atoms with Crippen molar-refractivity contribution in [3.05, 3.63) is 34.9 Å². The van der Waals surface area contributed by atoms with Gasteiger partial charge in [0.25, 0.3) is 0 Å². The first kappa shape index (κ1) is 12.9. The van der Waals surface area contributed by atoms with Gasteiger partial charge in [0, 0.05) is 5.56 Å². The molecule has 0 bridgehead atoms. The van der Waals surface area contributed by atoms with Gasteiger partial charge >= 0.3 is 0 Å². The van der Waals surface area contributed by atoms with Crippen LogP contribution in [0.3, 0.4) is 0 Å². The smallest absolute Gasteiger partial charge is 0.188 e. The summed E-state index contributed by atoms with van der Waals surface area (Å²) in [6.07, 6.45) is 0. The highest BCUT2D eigenvalue weighted by molar-refractivity contribution is 5.97. The summed E-state index contributed by atoms with van der Waals surface area (Å²) in [6, 6.07) is 5.91. The molecule has 0 aliphatic heterocycles. The Morgan fingerprint density at radius 3 is 1.81 bits per heavy atom. The summed E-state index contributed by atoms with van der Waals surface area (Å²) >= 11 is 0. The first-order valence-electron chi connectivity index (χ1n) is 5.74. The van der Waals surface area contributed by atoms with Gasteiger partial charge in [-0.3, -0.25) is 4.79 Å². The highest BCUT2D eigenvalue weighted by Crippen LogP contribution is 2.23. The van der Waals surface area contributed by atoms with E-state index in [0.29, 0.717) is 17.4 Å². The fourth-order valence-corrected chi connectivity index (χ4v) is 1.60. The number of hydrogen-bond acceptors (Lipinski definition) is 2. The molecule has 1 N–H and O–H groups in total.